The minimum absolute atomic E-state index is 0.0777. The summed E-state index contributed by atoms with van der Waals surface area (Å²) in [4.78, 5) is 11.0. The summed E-state index contributed by atoms with van der Waals surface area (Å²) in [7, 11) is -2.23. The van der Waals surface area contributed by atoms with Gasteiger partial charge in [-0.2, -0.15) is 8.42 Å². The highest BCUT2D eigenvalue weighted by atomic mass is 32.2. The maximum Gasteiger partial charge on any atom is 0.306 e. The number of methoxy groups -OCH3 is 1. The third-order valence-corrected chi connectivity index (χ3v) is 3.05. The second kappa shape index (κ2) is 6.56. The van der Waals surface area contributed by atoms with Crippen LogP contribution in [0.4, 0.5) is 0 Å². The van der Waals surface area contributed by atoms with E-state index in [4.69, 9.17) is 8.92 Å². The Kier molecular flexibility index (Phi) is 5.33. The monoisotopic (exact) mass is 298 g/mol. The van der Waals surface area contributed by atoms with E-state index in [9.17, 15) is 13.2 Å². The molecule has 0 bridgehead atoms. The van der Waals surface area contributed by atoms with Crippen LogP contribution in [-0.4, -0.2) is 28.1 Å². The van der Waals surface area contributed by atoms with Crippen molar-refractivity contribution in [1.82, 2.24) is 0 Å². The zero-order valence-electron chi connectivity index (χ0n) is 11.9. The van der Waals surface area contributed by atoms with Crippen molar-refractivity contribution in [3.05, 3.63) is 29.3 Å². The Morgan fingerprint density at radius 2 is 1.90 bits per heavy atom. The summed E-state index contributed by atoms with van der Waals surface area (Å²) in [6.45, 7) is 3.80. The first-order valence-electron chi connectivity index (χ1n) is 6.01. The molecule has 0 saturated carbocycles. The van der Waals surface area contributed by atoms with Crippen LogP contribution in [0, 0.1) is 5.92 Å². The standard InChI is InChI=1S/C14H18O5S/c1-10(2)12(9-15)7-11-5-6-13(18-3)14(8-11)19-20(4,16)17/h5-10H,1-4H3. The van der Waals surface area contributed by atoms with E-state index in [2.05, 4.69) is 0 Å². The molecule has 0 N–H and O–H groups in total. The van der Waals surface area contributed by atoms with E-state index in [-0.39, 0.29) is 11.7 Å². The Hall–Kier alpha value is -1.82. The van der Waals surface area contributed by atoms with Crippen molar-refractivity contribution in [3.8, 4) is 11.5 Å². The summed E-state index contributed by atoms with van der Waals surface area (Å²) in [6.07, 6.45) is 3.43. The van der Waals surface area contributed by atoms with Gasteiger partial charge >= 0.3 is 10.1 Å². The Balaban J connectivity index is 3.25. The van der Waals surface area contributed by atoms with E-state index < -0.39 is 10.1 Å². The largest absolute Gasteiger partial charge is 0.493 e. The van der Waals surface area contributed by atoms with Gasteiger partial charge in [-0.15, -0.1) is 0 Å². The molecule has 1 aromatic rings. The molecule has 0 saturated heterocycles. The van der Waals surface area contributed by atoms with E-state index >= 15 is 0 Å². The molecule has 0 fully saturated rings. The molecular formula is C14H18O5S. The zero-order chi connectivity index (χ0) is 15.3. The van der Waals surface area contributed by atoms with Gasteiger partial charge in [0.2, 0.25) is 0 Å². The van der Waals surface area contributed by atoms with Crippen LogP contribution in [0.25, 0.3) is 6.08 Å². The lowest BCUT2D eigenvalue weighted by atomic mass is 10.0. The number of carbonyl (C=O) groups excluding carboxylic acids is 1. The van der Waals surface area contributed by atoms with Crippen molar-refractivity contribution in [2.75, 3.05) is 13.4 Å². The molecule has 110 valence electrons. The molecule has 6 heteroatoms. The fourth-order valence-corrected chi connectivity index (χ4v) is 2.00. The molecule has 0 aliphatic rings. The number of ether oxygens (including phenoxy) is 1. The Morgan fingerprint density at radius 3 is 2.35 bits per heavy atom. The summed E-state index contributed by atoms with van der Waals surface area (Å²) in [6, 6.07) is 4.83. The van der Waals surface area contributed by atoms with Crippen LogP contribution in [0.1, 0.15) is 19.4 Å². The molecule has 0 amide bonds. The van der Waals surface area contributed by atoms with E-state index in [1.807, 2.05) is 13.8 Å². The molecular weight excluding hydrogens is 280 g/mol. The SMILES string of the molecule is COc1ccc(C=C(C=O)C(C)C)cc1OS(C)(=O)=O. The Morgan fingerprint density at radius 1 is 1.25 bits per heavy atom. The van der Waals surface area contributed by atoms with Crippen LogP contribution in [-0.2, 0) is 14.9 Å². The van der Waals surface area contributed by atoms with Crippen molar-refractivity contribution < 1.29 is 22.1 Å². The molecule has 0 aliphatic carbocycles. The summed E-state index contributed by atoms with van der Waals surface area (Å²) >= 11 is 0. The van der Waals surface area contributed by atoms with Crippen molar-refractivity contribution in [3.63, 3.8) is 0 Å². The lowest BCUT2D eigenvalue weighted by Crippen LogP contribution is -2.07. The second-order valence-corrected chi connectivity index (χ2v) is 6.19. The van der Waals surface area contributed by atoms with Crippen molar-refractivity contribution >= 4 is 22.5 Å². The van der Waals surface area contributed by atoms with Gasteiger partial charge in [0.25, 0.3) is 0 Å². The third-order valence-electron chi connectivity index (χ3n) is 2.56. The average molecular weight is 298 g/mol. The van der Waals surface area contributed by atoms with Crippen molar-refractivity contribution in [1.29, 1.82) is 0 Å². The summed E-state index contributed by atoms with van der Waals surface area (Å²) in [5.74, 6) is 0.483. The lowest BCUT2D eigenvalue weighted by Gasteiger charge is -2.10. The van der Waals surface area contributed by atoms with Crippen LogP contribution in [0.2, 0.25) is 0 Å². The number of benzene rings is 1. The highest BCUT2D eigenvalue weighted by molar-refractivity contribution is 7.86. The predicted octanol–water partition coefficient (Wildman–Crippen LogP) is 2.27. The number of allylic oxidation sites excluding steroid dienone is 1. The topological polar surface area (TPSA) is 69.7 Å². The van der Waals surface area contributed by atoms with Gasteiger partial charge in [-0.3, -0.25) is 4.79 Å². The third kappa shape index (κ3) is 4.70. The van der Waals surface area contributed by atoms with E-state index in [1.54, 1.807) is 18.2 Å². The van der Waals surface area contributed by atoms with Crippen LogP contribution in [0.5, 0.6) is 11.5 Å². The predicted molar refractivity (Wildman–Crippen MR) is 77.3 cm³/mol. The fraction of sp³-hybridized carbons (Fsp3) is 0.357. The number of hydrogen-bond donors (Lipinski definition) is 0. The first-order chi connectivity index (χ1) is 9.26. The smallest absolute Gasteiger partial charge is 0.306 e. The summed E-state index contributed by atoms with van der Waals surface area (Å²) in [5, 5.41) is 0. The molecule has 1 rings (SSSR count). The zero-order valence-corrected chi connectivity index (χ0v) is 12.7. The highest BCUT2D eigenvalue weighted by Crippen LogP contribution is 2.30. The van der Waals surface area contributed by atoms with Gasteiger partial charge in [-0.1, -0.05) is 19.9 Å². The second-order valence-electron chi connectivity index (χ2n) is 4.61. The van der Waals surface area contributed by atoms with Gasteiger partial charge in [-0.25, -0.2) is 0 Å². The fourth-order valence-electron chi connectivity index (χ4n) is 1.54. The first kappa shape index (κ1) is 16.2. The van der Waals surface area contributed by atoms with Crippen molar-refractivity contribution in [2.24, 2.45) is 5.92 Å². The van der Waals surface area contributed by atoms with Gasteiger partial charge in [0, 0.05) is 0 Å². The molecule has 0 heterocycles. The summed E-state index contributed by atoms with van der Waals surface area (Å²) in [5.41, 5.74) is 1.28. The lowest BCUT2D eigenvalue weighted by molar-refractivity contribution is -0.105. The van der Waals surface area contributed by atoms with E-state index in [0.717, 1.165) is 12.5 Å². The number of aldehydes is 1. The molecule has 0 radical (unpaired) electrons. The average Bonchev–Trinajstić information content (AvgIpc) is 2.34. The van der Waals surface area contributed by atoms with Gasteiger partial charge in [0.15, 0.2) is 11.5 Å². The quantitative estimate of drug-likeness (QED) is 0.458. The van der Waals surface area contributed by atoms with Gasteiger partial charge < -0.3 is 8.92 Å². The Labute approximate surface area is 119 Å². The minimum atomic E-state index is -3.65. The maximum atomic E-state index is 11.2. The van der Waals surface area contributed by atoms with Crippen LogP contribution >= 0.6 is 0 Å². The highest BCUT2D eigenvalue weighted by Gasteiger charge is 2.11. The molecule has 0 aliphatic heterocycles. The maximum absolute atomic E-state index is 11.2. The summed E-state index contributed by atoms with van der Waals surface area (Å²) < 4.78 is 32.3. The number of hydrogen-bond acceptors (Lipinski definition) is 5. The number of carbonyl (C=O) groups is 1. The van der Waals surface area contributed by atoms with E-state index in [0.29, 0.717) is 16.9 Å². The molecule has 0 unspecified atom stereocenters. The van der Waals surface area contributed by atoms with Gasteiger partial charge in [0.05, 0.1) is 13.4 Å². The molecule has 0 spiro atoms. The minimum Gasteiger partial charge on any atom is -0.493 e. The molecule has 5 nitrogen and oxygen atoms in total. The van der Waals surface area contributed by atoms with Crippen LogP contribution in [0.3, 0.4) is 0 Å². The molecule has 20 heavy (non-hydrogen) atoms. The van der Waals surface area contributed by atoms with Gasteiger partial charge in [-0.05, 0) is 35.3 Å². The molecule has 0 atom stereocenters. The number of rotatable bonds is 6. The van der Waals surface area contributed by atoms with Gasteiger partial charge in [0.1, 0.15) is 6.29 Å². The van der Waals surface area contributed by atoms with Crippen molar-refractivity contribution in [2.45, 2.75) is 13.8 Å². The van der Waals surface area contributed by atoms with Crippen LogP contribution in [0.15, 0.2) is 23.8 Å². The molecule has 0 aromatic heterocycles. The van der Waals surface area contributed by atoms with E-state index in [1.165, 1.54) is 13.2 Å². The Bertz CT molecular complexity index is 614. The molecule has 1 aromatic carbocycles. The van der Waals surface area contributed by atoms with Crippen LogP contribution < -0.4 is 8.92 Å². The normalized spacial score (nSPS) is 12.3. The first-order valence-corrected chi connectivity index (χ1v) is 7.82.